The zero-order valence-electron chi connectivity index (χ0n) is 24.7. The van der Waals surface area contributed by atoms with Crippen LogP contribution in [0.2, 0.25) is 25.7 Å². The summed E-state index contributed by atoms with van der Waals surface area (Å²) in [6, 6.07) is 13.6. The third-order valence-corrected chi connectivity index (χ3v) is 9.70. The molecule has 1 aromatic carbocycles. The molecule has 4 aromatic rings. The second kappa shape index (κ2) is 12.0. The number of rotatable bonds is 10. The Labute approximate surface area is 242 Å². The van der Waals surface area contributed by atoms with Gasteiger partial charge in [-0.15, -0.1) is 0 Å². The Balaban J connectivity index is 1.27. The molecule has 0 radical (unpaired) electrons. The number of fused-ring (bicyclic) bond motifs is 1. The van der Waals surface area contributed by atoms with Crippen LogP contribution in [0.25, 0.3) is 22.2 Å². The highest BCUT2D eigenvalue weighted by atomic mass is 28.3. The number of ether oxygens (including phenoxy) is 1. The number of likely N-dealkylation sites (tertiary alicyclic amines) is 1. The van der Waals surface area contributed by atoms with Crippen molar-refractivity contribution in [3.8, 4) is 11.3 Å². The van der Waals surface area contributed by atoms with Crippen LogP contribution in [0, 0.1) is 11.7 Å². The molecular weight excluding hydrogens is 535 g/mol. The first kappa shape index (κ1) is 29.3. The Hall–Kier alpha value is -3.18. The highest BCUT2D eigenvalue weighted by Gasteiger charge is 2.36. The molecule has 1 unspecified atom stereocenters. The normalized spacial score (nSPS) is 16.7. The number of hydrogen-bond donors (Lipinski definition) is 2. The summed E-state index contributed by atoms with van der Waals surface area (Å²) in [6.07, 6.45) is 5.41. The van der Waals surface area contributed by atoms with Crippen molar-refractivity contribution in [2.75, 3.05) is 32.1 Å². The number of anilines is 2. The fourth-order valence-corrected chi connectivity index (χ4v) is 5.94. The molecule has 10 heteroatoms. The zero-order valence-corrected chi connectivity index (χ0v) is 25.7. The smallest absolute Gasteiger partial charge is 0.147 e. The fourth-order valence-electron chi connectivity index (χ4n) is 5.18. The first-order chi connectivity index (χ1) is 19.5. The summed E-state index contributed by atoms with van der Waals surface area (Å²) in [7, 11) is 0.972. The lowest BCUT2D eigenvalue weighted by molar-refractivity contribution is -0.0334. The second-order valence-electron chi connectivity index (χ2n) is 12.6. The summed E-state index contributed by atoms with van der Waals surface area (Å²) in [5.74, 6) is 0.217. The molecule has 2 N–H and O–H groups in total. The minimum absolute atomic E-state index is 0.143. The molecule has 8 nitrogen and oxygen atoms in total. The summed E-state index contributed by atoms with van der Waals surface area (Å²) < 4.78 is 22.7. The van der Waals surface area contributed by atoms with Crippen molar-refractivity contribution in [3.05, 3.63) is 66.4 Å². The molecule has 0 spiro atoms. The molecule has 0 bridgehead atoms. The van der Waals surface area contributed by atoms with E-state index in [-0.39, 0.29) is 5.92 Å². The monoisotopic (exact) mass is 576 g/mol. The van der Waals surface area contributed by atoms with Crippen LogP contribution in [-0.2, 0) is 17.1 Å². The molecule has 1 aliphatic heterocycles. The van der Waals surface area contributed by atoms with Crippen LogP contribution in [0.15, 0.2) is 54.9 Å². The van der Waals surface area contributed by atoms with E-state index >= 15 is 4.39 Å². The summed E-state index contributed by atoms with van der Waals surface area (Å²) in [5.41, 5.74) is 1.99. The molecule has 1 fully saturated rings. The van der Waals surface area contributed by atoms with Gasteiger partial charge in [0.1, 0.15) is 24.0 Å². The van der Waals surface area contributed by atoms with Crippen molar-refractivity contribution < 1.29 is 14.2 Å². The van der Waals surface area contributed by atoms with E-state index in [4.69, 9.17) is 9.72 Å². The molecular formula is C31H41FN6O2Si. The van der Waals surface area contributed by atoms with Crippen molar-refractivity contribution in [1.82, 2.24) is 24.6 Å². The average molecular weight is 577 g/mol. The molecule has 1 aliphatic rings. The standard InChI is InChI=1S/C31H41FN6O2Si/c1-31(39,24-10-13-37(2)14-11-24)29-9-7-23-20-33-30(19-28(23)34-29)35-27-8-6-22(18-25(27)32)26-12-15-38(36-26)21-40-16-17-41(3,4)5/h6-9,12,15,18-20,24,39H,10-11,13-14,16-17,21H2,1-5H3,(H,33,35). The van der Waals surface area contributed by atoms with Gasteiger partial charge in [-0.3, -0.25) is 0 Å². The van der Waals surface area contributed by atoms with Gasteiger partial charge in [0.25, 0.3) is 0 Å². The van der Waals surface area contributed by atoms with Gasteiger partial charge in [0.2, 0.25) is 0 Å². The Morgan fingerprint density at radius 1 is 1.12 bits per heavy atom. The first-order valence-electron chi connectivity index (χ1n) is 14.3. The minimum Gasteiger partial charge on any atom is -0.384 e. The summed E-state index contributed by atoms with van der Waals surface area (Å²) in [5, 5.41) is 19.9. The van der Waals surface area contributed by atoms with E-state index in [9.17, 15) is 5.11 Å². The lowest BCUT2D eigenvalue weighted by Gasteiger charge is -2.38. The van der Waals surface area contributed by atoms with Gasteiger partial charge in [-0.05, 0) is 82.2 Å². The number of piperidine rings is 1. The highest BCUT2D eigenvalue weighted by Crippen LogP contribution is 2.36. The summed E-state index contributed by atoms with van der Waals surface area (Å²) in [6.45, 7) is 11.8. The quantitative estimate of drug-likeness (QED) is 0.171. The maximum atomic E-state index is 15.2. The highest BCUT2D eigenvalue weighted by molar-refractivity contribution is 6.76. The number of aromatic nitrogens is 4. The largest absolute Gasteiger partial charge is 0.384 e. The number of nitrogens with one attached hydrogen (secondary N) is 1. The topological polar surface area (TPSA) is 88.3 Å². The molecule has 1 saturated heterocycles. The van der Waals surface area contributed by atoms with E-state index in [0.717, 1.165) is 44.0 Å². The Bertz CT molecular complexity index is 1490. The van der Waals surface area contributed by atoms with Gasteiger partial charge in [-0.1, -0.05) is 25.7 Å². The van der Waals surface area contributed by atoms with Crippen molar-refractivity contribution >= 4 is 30.5 Å². The summed E-state index contributed by atoms with van der Waals surface area (Å²) >= 11 is 0. The predicted octanol–water partition coefficient (Wildman–Crippen LogP) is 6.24. The molecule has 5 rings (SSSR count). The second-order valence-corrected chi connectivity index (χ2v) is 18.2. The van der Waals surface area contributed by atoms with Crippen LogP contribution >= 0.6 is 0 Å². The Morgan fingerprint density at radius 2 is 1.90 bits per heavy atom. The van der Waals surface area contributed by atoms with Gasteiger partial charge >= 0.3 is 0 Å². The van der Waals surface area contributed by atoms with Gasteiger partial charge in [0, 0.05) is 44.1 Å². The first-order valence-corrected chi connectivity index (χ1v) is 18.0. The fraction of sp³-hybridized carbons (Fsp3) is 0.452. The van der Waals surface area contributed by atoms with Crippen molar-refractivity contribution in [2.24, 2.45) is 5.92 Å². The van der Waals surface area contributed by atoms with E-state index in [0.29, 0.717) is 40.7 Å². The van der Waals surface area contributed by atoms with Gasteiger partial charge in [-0.25, -0.2) is 19.0 Å². The van der Waals surface area contributed by atoms with Crippen LogP contribution in [0.1, 0.15) is 25.5 Å². The van der Waals surface area contributed by atoms with Gasteiger partial charge < -0.3 is 20.1 Å². The van der Waals surface area contributed by atoms with Crippen LogP contribution in [0.3, 0.4) is 0 Å². The molecule has 4 heterocycles. The minimum atomic E-state index is -1.14. The molecule has 41 heavy (non-hydrogen) atoms. The van der Waals surface area contributed by atoms with E-state index in [2.05, 4.69) is 47.0 Å². The van der Waals surface area contributed by atoms with Gasteiger partial charge in [0.15, 0.2) is 0 Å². The molecule has 0 saturated carbocycles. The Morgan fingerprint density at radius 3 is 2.63 bits per heavy atom. The summed E-state index contributed by atoms with van der Waals surface area (Å²) in [4.78, 5) is 11.5. The third-order valence-electron chi connectivity index (χ3n) is 7.99. The third kappa shape index (κ3) is 7.18. The Kier molecular flexibility index (Phi) is 8.56. The van der Waals surface area contributed by atoms with Gasteiger partial charge in [0.05, 0.1) is 22.6 Å². The number of pyridine rings is 2. The number of benzene rings is 1. The molecule has 218 valence electrons. The van der Waals surface area contributed by atoms with E-state index in [1.54, 1.807) is 23.0 Å². The SMILES string of the molecule is CN1CCC(C(C)(O)c2ccc3cnc(Nc4ccc(-c5ccn(COCC[Si](C)(C)C)n5)cc4F)cc3n2)CC1. The van der Waals surface area contributed by atoms with Gasteiger partial charge in [-0.2, -0.15) is 5.10 Å². The predicted molar refractivity (Wildman–Crippen MR) is 164 cm³/mol. The van der Waals surface area contributed by atoms with Crippen molar-refractivity contribution in [1.29, 1.82) is 0 Å². The van der Waals surface area contributed by atoms with E-state index in [1.165, 1.54) is 6.07 Å². The number of hydrogen-bond acceptors (Lipinski definition) is 7. The van der Waals surface area contributed by atoms with Crippen molar-refractivity contribution in [2.45, 2.75) is 57.8 Å². The number of nitrogens with zero attached hydrogens (tertiary/aromatic N) is 5. The number of aliphatic hydroxyl groups is 1. The van der Waals surface area contributed by atoms with Crippen LogP contribution < -0.4 is 5.32 Å². The molecule has 1 atom stereocenters. The zero-order chi connectivity index (χ0) is 29.2. The van der Waals surface area contributed by atoms with E-state index < -0.39 is 19.5 Å². The lowest BCUT2D eigenvalue weighted by atomic mass is 9.79. The number of halogens is 1. The van der Waals surface area contributed by atoms with Crippen molar-refractivity contribution in [3.63, 3.8) is 0 Å². The van der Waals surface area contributed by atoms with Crippen LogP contribution in [-0.4, -0.2) is 64.6 Å². The molecule has 0 aliphatic carbocycles. The maximum Gasteiger partial charge on any atom is 0.147 e. The van der Waals surface area contributed by atoms with E-state index in [1.807, 2.05) is 37.4 Å². The maximum absolute atomic E-state index is 15.2. The molecule has 0 amide bonds. The van der Waals surface area contributed by atoms with Crippen LogP contribution in [0.5, 0.6) is 0 Å². The average Bonchev–Trinajstić information content (AvgIpc) is 3.40. The van der Waals surface area contributed by atoms with Crippen LogP contribution in [0.4, 0.5) is 15.9 Å². The lowest BCUT2D eigenvalue weighted by Crippen LogP contribution is -2.41. The molecule has 3 aromatic heterocycles.